The third kappa shape index (κ3) is 5.27. The predicted octanol–water partition coefficient (Wildman–Crippen LogP) is 3.40. The molecule has 0 aliphatic rings. The van der Waals surface area contributed by atoms with E-state index in [-0.39, 0.29) is 11.2 Å². The molecular weight excluding hydrogens is 410 g/mol. The van der Waals surface area contributed by atoms with Gasteiger partial charge in [-0.25, -0.2) is 9.97 Å². The molecule has 3 rings (SSSR count). The molecule has 0 aliphatic heterocycles. The van der Waals surface area contributed by atoms with Crippen LogP contribution in [0.15, 0.2) is 53.0 Å². The van der Waals surface area contributed by atoms with Gasteiger partial charge in [0, 0.05) is 18.1 Å². The highest BCUT2D eigenvalue weighted by Gasteiger charge is 2.24. The topological polar surface area (TPSA) is 92.0 Å². The Bertz CT molecular complexity index is 935. The molecule has 0 saturated heterocycles. The fourth-order valence-corrected chi connectivity index (χ4v) is 4.24. The van der Waals surface area contributed by atoms with Crippen LogP contribution >= 0.6 is 23.5 Å². The number of aromatic nitrogens is 5. The average molecular weight is 432 g/mol. The molecule has 0 radical (unpaired) electrons. The summed E-state index contributed by atoms with van der Waals surface area (Å²) >= 11 is 2.81. The van der Waals surface area contributed by atoms with Crippen molar-refractivity contribution in [3.63, 3.8) is 0 Å². The van der Waals surface area contributed by atoms with Crippen LogP contribution in [0.5, 0.6) is 5.75 Å². The van der Waals surface area contributed by atoms with Crippen molar-refractivity contribution in [3.8, 4) is 11.4 Å². The number of thioether (sulfide) groups is 2. The summed E-state index contributed by atoms with van der Waals surface area (Å²) in [6, 6.07) is 9.38. The monoisotopic (exact) mass is 431 g/mol. The molecule has 2 aromatic heterocycles. The lowest BCUT2D eigenvalue weighted by molar-refractivity contribution is -0.140. The van der Waals surface area contributed by atoms with E-state index in [0.717, 1.165) is 17.3 Å². The Kier molecular flexibility index (Phi) is 7.48. The standard InChI is InChI=1S/C19H21N5O3S2/c1-4-15(17(25)27-3)29-19-23-22-16(12-28-18-20-10-5-11-21-18)24(19)13-6-8-14(26-2)9-7-13/h5-11,15H,4,12H2,1-3H3. The van der Waals surface area contributed by atoms with E-state index in [0.29, 0.717) is 22.5 Å². The highest BCUT2D eigenvalue weighted by atomic mass is 32.2. The first-order valence-electron chi connectivity index (χ1n) is 8.89. The van der Waals surface area contributed by atoms with Gasteiger partial charge in [-0.15, -0.1) is 10.2 Å². The Hall–Kier alpha value is -2.59. The molecule has 29 heavy (non-hydrogen) atoms. The molecule has 1 unspecified atom stereocenters. The van der Waals surface area contributed by atoms with Gasteiger partial charge in [0.1, 0.15) is 16.8 Å². The molecule has 0 amide bonds. The molecule has 3 aromatic rings. The quantitative estimate of drug-likeness (QED) is 0.287. The minimum atomic E-state index is -0.362. The maximum absolute atomic E-state index is 12.1. The molecule has 8 nitrogen and oxygen atoms in total. The maximum Gasteiger partial charge on any atom is 0.319 e. The second kappa shape index (κ2) is 10.3. The van der Waals surface area contributed by atoms with Crippen LogP contribution in [0, 0.1) is 0 Å². The Balaban J connectivity index is 1.92. The Morgan fingerprint density at radius 1 is 1.14 bits per heavy atom. The maximum atomic E-state index is 12.1. The lowest BCUT2D eigenvalue weighted by Gasteiger charge is -2.14. The number of carbonyl (C=O) groups is 1. The van der Waals surface area contributed by atoms with Crippen LogP contribution in [0.25, 0.3) is 5.69 Å². The number of ether oxygens (including phenoxy) is 2. The number of benzene rings is 1. The van der Waals surface area contributed by atoms with Gasteiger partial charge in [-0.05, 0) is 36.8 Å². The molecule has 1 aromatic carbocycles. The first kappa shape index (κ1) is 21.1. The first-order chi connectivity index (χ1) is 14.2. The molecule has 152 valence electrons. The van der Waals surface area contributed by atoms with Crippen LogP contribution in [0.2, 0.25) is 0 Å². The van der Waals surface area contributed by atoms with E-state index >= 15 is 0 Å². The third-order valence-electron chi connectivity index (χ3n) is 3.99. The van der Waals surface area contributed by atoms with Gasteiger partial charge in [0.05, 0.1) is 20.0 Å². The Morgan fingerprint density at radius 2 is 1.86 bits per heavy atom. The summed E-state index contributed by atoms with van der Waals surface area (Å²) in [5, 5.41) is 9.61. The molecule has 0 saturated carbocycles. The van der Waals surface area contributed by atoms with Crippen molar-refractivity contribution in [1.29, 1.82) is 0 Å². The van der Waals surface area contributed by atoms with E-state index in [1.165, 1.54) is 30.6 Å². The Morgan fingerprint density at radius 3 is 2.48 bits per heavy atom. The summed E-state index contributed by atoms with van der Waals surface area (Å²) < 4.78 is 12.1. The SMILES string of the molecule is CCC(Sc1nnc(CSc2ncccn2)n1-c1ccc(OC)cc1)C(=O)OC. The lowest BCUT2D eigenvalue weighted by Crippen LogP contribution is -2.18. The number of carbonyl (C=O) groups excluding carboxylic acids is 1. The van der Waals surface area contributed by atoms with Gasteiger partial charge in [0.2, 0.25) is 0 Å². The highest BCUT2D eigenvalue weighted by Crippen LogP contribution is 2.30. The van der Waals surface area contributed by atoms with Gasteiger partial charge in [-0.1, -0.05) is 30.4 Å². The molecule has 0 spiro atoms. The van der Waals surface area contributed by atoms with Crippen molar-refractivity contribution in [2.75, 3.05) is 14.2 Å². The number of rotatable bonds is 9. The third-order valence-corrected chi connectivity index (χ3v) is 6.14. The van der Waals surface area contributed by atoms with Gasteiger partial charge in [0.25, 0.3) is 0 Å². The van der Waals surface area contributed by atoms with E-state index in [9.17, 15) is 4.79 Å². The van der Waals surface area contributed by atoms with E-state index < -0.39 is 0 Å². The van der Waals surface area contributed by atoms with Crippen molar-refractivity contribution in [2.45, 2.75) is 34.7 Å². The summed E-state index contributed by atoms with van der Waals surface area (Å²) in [7, 11) is 3.01. The fourth-order valence-electron chi connectivity index (χ4n) is 2.51. The number of esters is 1. The number of methoxy groups -OCH3 is 2. The van der Waals surface area contributed by atoms with Gasteiger partial charge < -0.3 is 9.47 Å². The Labute approximate surface area is 177 Å². The summed E-state index contributed by atoms with van der Waals surface area (Å²) in [6.45, 7) is 1.94. The van der Waals surface area contributed by atoms with E-state index in [1.54, 1.807) is 25.6 Å². The van der Waals surface area contributed by atoms with Gasteiger partial charge >= 0.3 is 5.97 Å². The van der Waals surface area contributed by atoms with E-state index in [2.05, 4.69) is 20.2 Å². The van der Waals surface area contributed by atoms with Crippen molar-refractivity contribution >= 4 is 29.5 Å². The minimum absolute atomic E-state index is 0.282. The van der Waals surface area contributed by atoms with Crippen molar-refractivity contribution < 1.29 is 14.3 Å². The molecule has 2 heterocycles. The average Bonchev–Trinajstić information content (AvgIpc) is 3.18. The molecule has 10 heteroatoms. The van der Waals surface area contributed by atoms with Crippen LogP contribution in [-0.4, -0.2) is 50.2 Å². The molecular formula is C19H21N5O3S2. The summed E-state index contributed by atoms with van der Waals surface area (Å²) in [5.41, 5.74) is 0.877. The van der Waals surface area contributed by atoms with Crippen LogP contribution < -0.4 is 4.74 Å². The molecule has 0 N–H and O–H groups in total. The van der Waals surface area contributed by atoms with Gasteiger partial charge in [-0.2, -0.15) is 0 Å². The molecule has 1 atom stereocenters. The lowest BCUT2D eigenvalue weighted by atomic mass is 10.3. The fraction of sp³-hybridized carbons (Fsp3) is 0.316. The molecule has 0 bridgehead atoms. The van der Waals surface area contributed by atoms with Crippen LogP contribution in [0.4, 0.5) is 0 Å². The summed E-state index contributed by atoms with van der Waals surface area (Å²) in [5.74, 6) is 1.73. The van der Waals surface area contributed by atoms with Crippen LogP contribution in [0.3, 0.4) is 0 Å². The summed E-state index contributed by atoms with van der Waals surface area (Å²) in [6.07, 6.45) is 4.02. The highest BCUT2D eigenvalue weighted by molar-refractivity contribution is 8.00. The normalized spacial score (nSPS) is 11.8. The van der Waals surface area contributed by atoms with Crippen molar-refractivity contribution in [1.82, 2.24) is 24.7 Å². The van der Waals surface area contributed by atoms with Gasteiger partial charge in [0.15, 0.2) is 10.3 Å². The van der Waals surface area contributed by atoms with Crippen LogP contribution in [-0.2, 0) is 15.3 Å². The molecule has 0 fully saturated rings. The van der Waals surface area contributed by atoms with E-state index in [1.807, 2.05) is 35.8 Å². The number of nitrogens with zero attached hydrogens (tertiary/aromatic N) is 5. The minimum Gasteiger partial charge on any atom is -0.497 e. The first-order valence-corrected chi connectivity index (χ1v) is 10.8. The zero-order valence-electron chi connectivity index (χ0n) is 16.3. The predicted molar refractivity (Wildman–Crippen MR) is 111 cm³/mol. The van der Waals surface area contributed by atoms with Crippen LogP contribution in [0.1, 0.15) is 19.2 Å². The van der Waals surface area contributed by atoms with E-state index in [4.69, 9.17) is 9.47 Å². The van der Waals surface area contributed by atoms with Crippen molar-refractivity contribution in [3.05, 3.63) is 48.5 Å². The van der Waals surface area contributed by atoms with Crippen molar-refractivity contribution in [2.24, 2.45) is 0 Å². The summed E-state index contributed by atoms with van der Waals surface area (Å²) in [4.78, 5) is 20.5. The molecule has 0 aliphatic carbocycles. The number of hydrogen-bond acceptors (Lipinski definition) is 9. The zero-order chi connectivity index (χ0) is 20.6. The second-order valence-corrected chi connectivity index (χ2v) is 7.90. The van der Waals surface area contributed by atoms with Gasteiger partial charge in [-0.3, -0.25) is 9.36 Å². The second-order valence-electron chi connectivity index (χ2n) is 5.79. The zero-order valence-corrected chi connectivity index (χ0v) is 17.9. The number of hydrogen-bond donors (Lipinski definition) is 0. The largest absolute Gasteiger partial charge is 0.497 e. The smallest absolute Gasteiger partial charge is 0.319 e.